The summed E-state index contributed by atoms with van der Waals surface area (Å²) >= 11 is 7.29. The molecule has 0 fully saturated rings. The number of halogens is 1. The van der Waals surface area contributed by atoms with Crippen molar-refractivity contribution in [1.29, 1.82) is 0 Å². The molecule has 1 amide bonds. The Kier molecular flexibility index (Phi) is 4.92. The first-order valence-corrected chi connectivity index (χ1v) is 8.55. The van der Waals surface area contributed by atoms with Crippen LogP contribution < -0.4 is 5.32 Å². The van der Waals surface area contributed by atoms with Gasteiger partial charge in [-0.1, -0.05) is 30.6 Å². The molecule has 0 saturated heterocycles. The van der Waals surface area contributed by atoms with Gasteiger partial charge in [0.15, 0.2) is 5.82 Å². The first-order chi connectivity index (χ1) is 11.5. The van der Waals surface area contributed by atoms with E-state index >= 15 is 0 Å². The molecule has 8 heteroatoms. The maximum Gasteiger partial charge on any atom is 0.268 e. The highest BCUT2D eigenvalue weighted by Crippen LogP contribution is 2.27. The van der Waals surface area contributed by atoms with Gasteiger partial charge < -0.3 is 9.84 Å². The second kappa shape index (κ2) is 7.11. The Bertz CT molecular complexity index is 859. The van der Waals surface area contributed by atoms with Gasteiger partial charge in [0.2, 0.25) is 0 Å². The average Bonchev–Trinajstić information content (AvgIpc) is 3.21. The van der Waals surface area contributed by atoms with Crippen molar-refractivity contribution in [2.75, 3.05) is 0 Å². The Morgan fingerprint density at radius 1 is 1.38 bits per heavy atom. The van der Waals surface area contributed by atoms with Gasteiger partial charge in [0, 0.05) is 22.6 Å². The number of thiophene rings is 1. The number of pyridine rings is 1. The van der Waals surface area contributed by atoms with E-state index in [4.69, 9.17) is 16.1 Å². The fourth-order valence-electron chi connectivity index (χ4n) is 1.97. The summed E-state index contributed by atoms with van der Waals surface area (Å²) in [5.41, 5.74) is 0.477. The number of amides is 1. The van der Waals surface area contributed by atoms with Crippen molar-refractivity contribution in [2.24, 2.45) is 0 Å². The van der Waals surface area contributed by atoms with Crippen LogP contribution in [0.25, 0.3) is 10.8 Å². The summed E-state index contributed by atoms with van der Waals surface area (Å²) in [7, 11) is 0. The van der Waals surface area contributed by atoms with E-state index in [-0.39, 0.29) is 11.8 Å². The number of carbonyl (C=O) groups excluding carboxylic acids is 1. The molecule has 0 aliphatic carbocycles. The monoisotopic (exact) mass is 362 g/mol. The van der Waals surface area contributed by atoms with E-state index in [2.05, 4.69) is 20.4 Å². The molecule has 24 heavy (non-hydrogen) atoms. The summed E-state index contributed by atoms with van der Waals surface area (Å²) in [5, 5.41) is 7.10. The molecule has 0 aliphatic heterocycles. The molecule has 3 heterocycles. The van der Waals surface area contributed by atoms with E-state index in [1.54, 1.807) is 6.07 Å². The molecule has 0 aliphatic rings. The number of hydrogen-bond acceptors (Lipinski definition) is 6. The molecular weight excluding hydrogens is 348 g/mol. The quantitative estimate of drug-likeness (QED) is 0.696. The molecule has 124 valence electrons. The zero-order valence-corrected chi connectivity index (χ0v) is 14.7. The summed E-state index contributed by atoms with van der Waals surface area (Å²) in [6.07, 6.45) is 1.50. The van der Waals surface area contributed by atoms with Gasteiger partial charge in [0.25, 0.3) is 11.8 Å². The van der Waals surface area contributed by atoms with Gasteiger partial charge in [0.05, 0.1) is 11.4 Å². The Hall–Kier alpha value is -2.25. The van der Waals surface area contributed by atoms with Gasteiger partial charge in [-0.05, 0) is 24.3 Å². The minimum Gasteiger partial charge on any atom is -0.347 e. The van der Waals surface area contributed by atoms with Crippen LogP contribution >= 0.6 is 22.9 Å². The lowest BCUT2D eigenvalue weighted by molar-refractivity contribution is 0.0951. The van der Waals surface area contributed by atoms with Crippen molar-refractivity contribution in [1.82, 2.24) is 20.4 Å². The highest BCUT2D eigenvalue weighted by Gasteiger charge is 2.14. The van der Waals surface area contributed by atoms with E-state index in [9.17, 15) is 4.79 Å². The molecule has 0 atom stereocenters. The minimum absolute atomic E-state index is 0.200. The lowest BCUT2D eigenvalue weighted by Gasteiger charge is -2.03. The van der Waals surface area contributed by atoms with Crippen molar-refractivity contribution in [3.8, 4) is 10.8 Å². The number of nitrogens with one attached hydrogen (secondary N) is 1. The Morgan fingerprint density at radius 2 is 2.21 bits per heavy atom. The average molecular weight is 363 g/mol. The van der Waals surface area contributed by atoms with Gasteiger partial charge in [-0.15, -0.1) is 11.3 Å². The minimum atomic E-state index is -0.200. The van der Waals surface area contributed by atoms with Crippen LogP contribution in [-0.2, 0) is 6.54 Å². The van der Waals surface area contributed by atoms with Crippen LogP contribution in [0.4, 0.5) is 0 Å². The van der Waals surface area contributed by atoms with Crippen LogP contribution in [0.1, 0.15) is 40.8 Å². The van der Waals surface area contributed by atoms with Crippen LogP contribution in [0.2, 0.25) is 5.15 Å². The fourth-order valence-corrected chi connectivity index (χ4v) is 3.01. The summed E-state index contributed by atoms with van der Waals surface area (Å²) in [6.45, 7) is 4.43. The molecule has 0 saturated carbocycles. The van der Waals surface area contributed by atoms with E-state index in [1.807, 2.05) is 26.0 Å². The van der Waals surface area contributed by atoms with Gasteiger partial charge >= 0.3 is 0 Å². The number of aromatic nitrogens is 3. The number of hydrogen-bond donors (Lipinski definition) is 1. The molecule has 3 aromatic rings. The largest absolute Gasteiger partial charge is 0.347 e. The second-order valence-electron chi connectivity index (χ2n) is 5.43. The van der Waals surface area contributed by atoms with Gasteiger partial charge in [-0.25, -0.2) is 4.98 Å². The molecule has 0 radical (unpaired) electrons. The molecule has 0 spiro atoms. The maximum absolute atomic E-state index is 12.1. The van der Waals surface area contributed by atoms with Crippen molar-refractivity contribution < 1.29 is 9.32 Å². The van der Waals surface area contributed by atoms with Crippen LogP contribution in [0.15, 0.2) is 35.0 Å². The normalized spacial score (nSPS) is 11.0. The maximum atomic E-state index is 12.1. The SMILES string of the molecule is CC(C)c1noc(-c2ccc(CNC(=O)c3ccnc(Cl)c3)s2)n1. The van der Waals surface area contributed by atoms with Gasteiger partial charge in [-0.3, -0.25) is 4.79 Å². The lowest BCUT2D eigenvalue weighted by atomic mass is 10.2. The molecule has 3 rings (SSSR count). The van der Waals surface area contributed by atoms with E-state index in [0.717, 1.165) is 9.75 Å². The molecule has 3 aromatic heterocycles. The Labute approximate surface area is 147 Å². The smallest absolute Gasteiger partial charge is 0.268 e. The van der Waals surface area contributed by atoms with E-state index in [1.165, 1.54) is 23.6 Å². The standard InChI is InChI=1S/C16H15ClN4O2S/c1-9(2)14-20-16(23-21-14)12-4-3-11(24-12)8-19-15(22)10-5-6-18-13(17)7-10/h3-7,9H,8H2,1-2H3,(H,19,22). The molecule has 0 aromatic carbocycles. The summed E-state index contributed by atoms with van der Waals surface area (Å²) < 4.78 is 5.27. The zero-order chi connectivity index (χ0) is 17.1. The number of nitrogens with zero attached hydrogens (tertiary/aromatic N) is 3. The highest BCUT2D eigenvalue weighted by molar-refractivity contribution is 7.15. The topological polar surface area (TPSA) is 80.9 Å². The molecule has 0 unspecified atom stereocenters. The first-order valence-electron chi connectivity index (χ1n) is 7.35. The zero-order valence-electron chi connectivity index (χ0n) is 13.1. The first kappa shape index (κ1) is 16.6. The van der Waals surface area contributed by atoms with Crippen molar-refractivity contribution in [3.05, 3.63) is 51.9 Å². The van der Waals surface area contributed by atoms with Crippen molar-refractivity contribution in [3.63, 3.8) is 0 Å². The van der Waals surface area contributed by atoms with E-state index in [0.29, 0.717) is 29.0 Å². The van der Waals surface area contributed by atoms with Gasteiger partial charge in [-0.2, -0.15) is 4.98 Å². The predicted molar refractivity (Wildman–Crippen MR) is 92.1 cm³/mol. The molecule has 6 nitrogen and oxygen atoms in total. The van der Waals surface area contributed by atoms with E-state index < -0.39 is 0 Å². The molecular formula is C16H15ClN4O2S. The molecule has 1 N–H and O–H groups in total. The second-order valence-corrected chi connectivity index (χ2v) is 6.98. The van der Waals surface area contributed by atoms with Crippen LogP contribution in [0.5, 0.6) is 0 Å². The highest BCUT2D eigenvalue weighted by atomic mass is 35.5. The number of rotatable bonds is 5. The van der Waals surface area contributed by atoms with Gasteiger partial charge in [0.1, 0.15) is 5.15 Å². The van der Waals surface area contributed by atoms with Crippen molar-refractivity contribution in [2.45, 2.75) is 26.3 Å². The Morgan fingerprint density at radius 3 is 2.92 bits per heavy atom. The number of carbonyl (C=O) groups is 1. The third kappa shape index (κ3) is 3.80. The summed E-state index contributed by atoms with van der Waals surface area (Å²) in [4.78, 5) is 22.2. The van der Waals surface area contributed by atoms with Crippen molar-refractivity contribution >= 4 is 28.8 Å². The Balaban J connectivity index is 1.64. The predicted octanol–water partition coefficient (Wildman–Crippen LogP) is 3.90. The lowest BCUT2D eigenvalue weighted by Crippen LogP contribution is -2.22. The summed E-state index contributed by atoms with van der Waals surface area (Å²) in [5.74, 6) is 1.20. The molecule has 0 bridgehead atoms. The third-order valence-electron chi connectivity index (χ3n) is 3.24. The summed E-state index contributed by atoms with van der Waals surface area (Å²) in [6, 6.07) is 6.99. The van der Waals surface area contributed by atoms with Crippen LogP contribution in [-0.4, -0.2) is 21.0 Å². The fraction of sp³-hybridized carbons (Fsp3) is 0.250. The third-order valence-corrected chi connectivity index (χ3v) is 4.52. The van der Waals surface area contributed by atoms with Crippen LogP contribution in [0.3, 0.4) is 0 Å². The van der Waals surface area contributed by atoms with Crippen LogP contribution in [0, 0.1) is 0 Å².